The molecule has 1 aromatic heterocycles. The van der Waals surface area contributed by atoms with Crippen LogP contribution in [0.25, 0.3) is 0 Å². The SMILES string of the molecule is O=C(COC(=O)CNC(=O)c1cccs1)NCCC1=CCCCC1. The molecule has 0 aliphatic heterocycles. The Morgan fingerprint density at radius 1 is 1.21 bits per heavy atom. The molecule has 0 bridgehead atoms. The maximum Gasteiger partial charge on any atom is 0.325 e. The Morgan fingerprint density at radius 3 is 2.79 bits per heavy atom. The van der Waals surface area contributed by atoms with E-state index in [4.69, 9.17) is 4.74 Å². The number of rotatable bonds is 8. The zero-order valence-electron chi connectivity index (χ0n) is 13.5. The van der Waals surface area contributed by atoms with E-state index in [2.05, 4.69) is 16.7 Å². The lowest BCUT2D eigenvalue weighted by atomic mass is 9.97. The quantitative estimate of drug-likeness (QED) is 0.555. The first-order chi connectivity index (χ1) is 11.6. The van der Waals surface area contributed by atoms with Gasteiger partial charge in [-0.15, -0.1) is 11.3 Å². The van der Waals surface area contributed by atoms with Crippen LogP contribution in [0, 0.1) is 0 Å². The van der Waals surface area contributed by atoms with Crippen LogP contribution in [-0.2, 0) is 14.3 Å². The van der Waals surface area contributed by atoms with Gasteiger partial charge in [-0.2, -0.15) is 0 Å². The third-order valence-corrected chi connectivity index (χ3v) is 4.52. The summed E-state index contributed by atoms with van der Waals surface area (Å²) in [6.45, 7) is -0.0268. The second-order valence-electron chi connectivity index (χ2n) is 5.53. The lowest BCUT2D eigenvalue weighted by molar-refractivity contribution is -0.147. The first-order valence-electron chi connectivity index (χ1n) is 8.07. The van der Waals surface area contributed by atoms with Crippen molar-refractivity contribution in [1.29, 1.82) is 0 Å². The number of hydrogen-bond acceptors (Lipinski definition) is 5. The maximum atomic E-state index is 11.6. The third-order valence-electron chi connectivity index (χ3n) is 3.66. The van der Waals surface area contributed by atoms with Gasteiger partial charge in [-0.3, -0.25) is 14.4 Å². The highest BCUT2D eigenvalue weighted by atomic mass is 32.1. The van der Waals surface area contributed by atoms with Crippen molar-refractivity contribution in [2.75, 3.05) is 19.7 Å². The molecule has 24 heavy (non-hydrogen) atoms. The van der Waals surface area contributed by atoms with Gasteiger partial charge < -0.3 is 15.4 Å². The van der Waals surface area contributed by atoms with Crippen molar-refractivity contribution >= 4 is 29.1 Å². The molecule has 0 radical (unpaired) electrons. The van der Waals surface area contributed by atoms with Gasteiger partial charge in [-0.05, 0) is 43.6 Å². The second-order valence-corrected chi connectivity index (χ2v) is 6.48. The lowest BCUT2D eigenvalue weighted by Crippen LogP contribution is -2.34. The molecule has 1 aromatic rings. The number of carbonyl (C=O) groups excluding carboxylic acids is 3. The Bertz CT molecular complexity index is 596. The minimum Gasteiger partial charge on any atom is -0.454 e. The molecule has 1 heterocycles. The summed E-state index contributed by atoms with van der Waals surface area (Å²) in [5.74, 6) is -1.29. The van der Waals surface area contributed by atoms with Crippen LogP contribution in [-0.4, -0.2) is 37.5 Å². The summed E-state index contributed by atoms with van der Waals surface area (Å²) >= 11 is 1.29. The Balaban J connectivity index is 1.55. The van der Waals surface area contributed by atoms with Gasteiger partial charge in [0.2, 0.25) is 0 Å². The van der Waals surface area contributed by atoms with Gasteiger partial charge in [0.1, 0.15) is 6.54 Å². The summed E-state index contributed by atoms with van der Waals surface area (Å²) in [5, 5.41) is 6.96. The molecular formula is C17H22N2O4S. The summed E-state index contributed by atoms with van der Waals surface area (Å²) in [5.41, 5.74) is 1.38. The number of carbonyl (C=O) groups is 3. The molecule has 7 heteroatoms. The average molecular weight is 350 g/mol. The number of hydrogen-bond donors (Lipinski definition) is 2. The number of allylic oxidation sites excluding steroid dienone is 1. The molecule has 1 aliphatic rings. The van der Waals surface area contributed by atoms with E-state index in [0.29, 0.717) is 11.4 Å². The fourth-order valence-corrected chi connectivity index (χ4v) is 3.03. The van der Waals surface area contributed by atoms with Crippen LogP contribution in [0.2, 0.25) is 0 Å². The van der Waals surface area contributed by atoms with Gasteiger partial charge in [0.15, 0.2) is 6.61 Å². The second kappa shape index (κ2) is 9.87. The summed E-state index contributed by atoms with van der Waals surface area (Å²) in [6, 6.07) is 3.42. The minimum absolute atomic E-state index is 0.253. The molecule has 0 spiro atoms. The van der Waals surface area contributed by atoms with Crippen molar-refractivity contribution in [1.82, 2.24) is 10.6 Å². The van der Waals surface area contributed by atoms with Crippen LogP contribution >= 0.6 is 11.3 Å². The number of ether oxygens (including phenoxy) is 1. The van der Waals surface area contributed by atoms with Gasteiger partial charge in [-0.25, -0.2) is 0 Å². The van der Waals surface area contributed by atoms with Crippen LogP contribution in [0.1, 0.15) is 41.8 Å². The Morgan fingerprint density at radius 2 is 2.08 bits per heavy atom. The number of thiophene rings is 1. The zero-order chi connectivity index (χ0) is 17.2. The third kappa shape index (κ3) is 6.54. The summed E-state index contributed by atoms with van der Waals surface area (Å²) in [6.07, 6.45) is 7.78. The molecule has 2 rings (SSSR count). The minimum atomic E-state index is -0.634. The van der Waals surface area contributed by atoms with Crippen molar-refractivity contribution < 1.29 is 19.1 Å². The van der Waals surface area contributed by atoms with Crippen molar-refractivity contribution in [2.45, 2.75) is 32.1 Å². The molecule has 2 N–H and O–H groups in total. The van der Waals surface area contributed by atoms with Crippen LogP contribution in [0.3, 0.4) is 0 Å². The van der Waals surface area contributed by atoms with E-state index in [1.165, 1.54) is 29.8 Å². The predicted molar refractivity (Wildman–Crippen MR) is 91.8 cm³/mol. The summed E-state index contributed by atoms with van der Waals surface area (Å²) in [4.78, 5) is 35.3. The molecule has 0 saturated carbocycles. The monoisotopic (exact) mass is 350 g/mol. The molecule has 1 aliphatic carbocycles. The first-order valence-corrected chi connectivity index (χ1v) is 8.95. The normalized spacial score (nSPS) is 13.8. The van der Waals surface area contributed by atoms with Gasteiger partial charge in [0, 0.05) is 6.54 Å². The molecule has 0 atom stereocenters. The summed E-state index contributed by atoms with van der Waals surface area (Å²) < 4.78 is 4.84. The highest BCUT2D eigenvalue weighted by Gasteiger charge is 2.11. The van der Waals surface area contributed by atoms with Gasteiger partial charge in [0.25, 0.3) is 11.8 Å². The summed E-state index contributed by atoms with van der Waals surface area (Å²) in [7, 11) is 0. The average Bonchev–Trinajstić information content (AvgIpc) is 3.13. The van der Waals surface area contributed by atoms with Crippen LogP contribution in [0.5, 0.6) is 0 Å². The van der Waals surface area contributed by atoms with Gasteiger partial charge in [-0.1, -0.05) is 17.7 Å². The molecule has 0 unspecified atom stereocenters. The van der Waals surface area contributed by atoms with Crippen molar-refractivity contribution in [3.63, 3.8) is 0 Å². The molecule has 130 valence electrons. The molecule has 6 nitrogen and oxygen atoms in total. The number of esters is 1. The fraction of sp³-hybridized carbons (Fsp3) is 0.471. The topological polar surface area (TPSA) is 84.5 Å². The molecule has 0 saturated heterocycles. The Kier molecular flexibility index (Phi) is 7.48. The van der Waals surface area contributed by atoms with Crippen molar-refractivity contribution in [2.24, 2.45) is 0 Å². The largest absolute Gasteiger partial charge is 0.454 e. The van der Waals surface area contributed by atoms with E-state index < -0.39 is 5.97 Å². The van der Waals surface area contributed by atoms with E-state index in [0.717, 1.165) is 19.3 Å². The van der Waals surface area contributed by atoms with E-state index in [1.807, 2.05) is 0 Å². The van der Waals surface area contributed by atoms with Crippen LogP contribution in [0.4, 0.5) is 0 Å². The van der Waals surface area contributed by atoms with E-state index in [9.17, 15) is 14.4 Å². The van der Waals surface area contributed by atoms with E-state index >= 15 is 0 Å². The van der Waals surface area contributed by atoms with Crippen molar-refractivity contribution in [3.8, 4) is 0 Å². The number of nitrogens with one attached hydrogen (secondary N) is 2. The lowest BCUT2D eigenvalue weighted by Gasteiger charge is -2.13. The Hall–Kier alpha value is -2.15. The standard InChI is InChI=1S/C17H22N2O4S/c20-15(18-9-8-13-5-2-1-3-6-13)12-23-16(21)11-19-17(22)14-7-4-10-24-14/h4-5,7,10H,1-3,6,8-9,11-12H2,(H,18,20)(H,19,22). The highest BCUT2D eigenvalue weighted by molar-refractivity contribution is 7.12. The maximum absolute atomic E-state index is 11.6. The number of amides is 2. The molecule has 2 amide bonds. The Labute approximate surface area is 145 Å². The van der Waals surface area contributed by atoms with E-state index in [1.54, 1.807) is 17.5 Å². The fourth-order valence-electron chi connectivity index (χ4n) is 2.39. The van der Waals surface area contributed by atoms with Crippen molar-refractivity contribution in [3.05, 3.63) is 34.0 Å². The highest BCUT2D eigenvalue weighted by Crippen LogP contribution is 2.19. The molecule has 0 fully saturated rings. The van der Waals surface area contributed by atoms with Crippen LogP contribution < -0.4 is 10.6 Å². The van der Waals surface area contributed by atoms with Crippen LogP contribution in [0.15, 0.2) is 29.2 Å². The zero-order valence-corrected chi connectivity index (χ0v) is 14.3. The van der Waals surface area contributed by atoms with E-state index in [-0.39, 0.29) is 25.0 Å². The van der Waals surface area contributed by atoms with Gasteiger partial charge in [0.05, 0.1) is 4.88 Å². The predicted octanol–water partition coefficient (Wildman–Crippen LogP) is 2.03. The van der Waals surface area contributed by atoms with Gasteiger partial charge >= 0.3 is 5.97 Å². The first kappa shape index (κ1) is 18.2. The molecule has 0 aromatic carbocycles. The molecular weight excluding hydrogens is 328 g/mol. The smallest absolute Gasteiger partial charge is 0.325 e.